The third kappa shape index (κ3) is 3.32. The summed E-state index contributed by atoms with van der Waals surface area (Å²) >= 11 is 5.77. The first-order valence-corrected chi connectivity index (χ1v) is 5.75. The highest BCUT2D eigenvalue weighted by molar-refractivity contribution is 6.30. The molecule has 1 aromatic rings. The Morgan fingerprint density at radius 1 is 1.56 bits per heavy atom. The molecule has 0 saturated carbocycles. The molecule has 1 nitrogen and oxygen atoms in total. The minimum absolute atomic E-state index is 0.0544. The molecule has 0 saturated heterocycles. The molecular weight excluding hydrogens is 225 g/mol. The third-order valence-electron chi connectivity index (χ3n) is 2.36. The highest BCUT2D eigenvalue weighted by Gasteiger charge is 2.16. The second-order valence-electron chi connectivity index (χ2n) is 3.91. The van der Waals surface area contributed by atoms with Crippen molar-refractivity contribution in [3.8, 4) is 0 Å². The van der Waals surface area contributed by atoms with Crippen LogP contribution in [0.1, 0.15) is 31.9 Å². The molecule has 0 heterocycles. The largest absolute Gasteiger partial charge is 0.310 e. The van der Waals surface area contributed by atoms with Crippen LogP contribution in [0.5, 0.6) is 0 Å². The summed E-state index contributed by atoms with van der Waals surface area (Å²) in [6, 6.07) is 5.03. The van der Waals surface area contributed by atoms with E-state index in [1.807, 2.05) is 13.8 Å². The van der Waals surface area contributed by atoms with E-state index in [0.29, 0.717) is 12.0 Å². The maximum Gasteiger partial charge on any atom is 0.146 e. The van der Waals surface area contributed by atoms with Gasteiger partial charge in [-0.15, -0.1) is 6.58 Å². The van der Waals surface area contributed by atoms with Gasteiger partial charge in [0.05, 0.1) is 5.02 Å². The smallest absolute Gasteiger partial charge is 0.146 e. The molecule has 0 bridgehead atoms. The second kappa shape index (κ2) is 6.02. The molecule has 0 aliphatic carbocycles. The van der Waals surface area contributed by atoms with E-state index >= 15 is 0 Å². The Kier molecular flexibility index (Phi) is 4.97. The zero-order valence-corrected chi connectivity index (χ0v) is 10.4. The van der Waals surface area contributed by atoms with E-state index in [1.54, 1.807) is 18.2 Å². The topological polar surface area (TPSA) is 12.0 Å². The van der Waals surface area contributed by atoms with Crippen molar-refractivity contribution < 1.29 is 4.39 Å². The minimum atomic E-state index is -0.337. The van der Waals surface area contributed by atoms with Crippen LogP contribution in [0.4, 0.5) is 4.39 Å². The van der Waals surface area contributed by atoms with Crippen molar-refractivity contribution in [2.24, 2.45) is 0 Å². The molecular formula is C13H17ClFN. The van der Waals surface area contributed by atoms with Crippen LogP contribution in [0.2, 0.25) is 5.02 Å². The van der Waals surface area contributed by atoms with E-state index in [-0.39, 0.29) is 16.9 Å². The first-order chi connectivity index (χ1) is 7.56. The Bertz CT molecular complexity index is 376. The molecule has 88 valence electrons. The van der Waals surface area contributed by atoms with Gasteiger partial charge in [0.2, 0.25) is 0 Å². The molecule has 1 N–H and O–H groups in total. The molecule has 0 aromatic heterocycles. The van der Waals surface area contributed by atoms with Gasteiger partial charge in [-0.05, 0) is 26.0 Å². The summed E-state index contributed by atoms with van der Waals surface area (Å²) in [6.45, 7) is 8.57. The third-order valence-corrected chi connectivity index (χ3v) is 2.65. The summed E-state index contributed by atoms with van der Waals surface area (Å²) in [5.74, 6) is -0.337. The first-order valence-electron chi connectivity index (χ1n) is 5.38. The fraction of sp³-hybridized carbons (Fsp3) is 0.385. The van der Waals surface area contributed by atoms with Gasteiger partial charge in [-0.1, -0.05) is 36.2 Å². The van der Waals surface area contributed by atoms with Crippen molar-refractivity contribution in [1.29, 1.82) is 0 Å². The van der Waals surface area contributed by atoms with Gasteiger partial charge in [0.25, 0.3) is 0 Å². The minimum Gasteiger partial charge on any atom is -0.310 e. The average molecular weight is 242 g/mol. The SMILES string of the molecule is C=C(C)CC(NCC)c1cccc(Cl)c1F. The Hall–Kier alpha value is -0.860. The molecule has 3 heteroatoms. The van der Waals surface area contributed by atoms with Crippen LogP contribution in [0, 0.1) is 5.82 Å². The van der Waals surface area contributed by atoms with Crippen molar-refractivity contribution in [1.82, 2.24) is 5.32 Å². The number of hydrogen-bond donors (Lipinski definition) is 1. The fourth-order valence-electron chi connectivity index (χ4n) is 1.68. The van der Waals surface area contributed by atoms with Gasteiger partial charge in [-0.3, -0.25) is 0 Å². The lowest BCUT2D eigenvalue weighted by molar-refractivity contribution is 0.509. The summed E-state index contributed by atoms with van der Waals surface area (Å²) in [6.07, 6.45) is 0.713. The van der Waals surface area contributed by atoms with Gasteiger partial charge in [0.1, 0.15) is 5.82 Å². The number of nitrogens with one attached hydrogen (secondary N) is 1. The van der Waals surface area contributed by atoms with Crippen LogP contribution in [-0.4, -0.2) is 6.54 Å². The monoisotopic (exact) mass is 241 g/mol. The molecule has 0 fully saturated rings. The van der Waals surface area contributed by atoms with Crippen LogP contribution in [0.15, 0.2) is 30.4 Å². The predicted molar refractivity (Wildman–Crippen MR) is 67.3 cm³/mol. The van der Waals surface area contributed by atoms with Crippen molar-refractivity contribution in [3.05, 3.63) is 46.8 Å². The zero-order valence-electron chi connectivity index (χ0n) is 9.69. The number of hydrogen-bond acceptors (Lipinski definition) is 1. The summed E-state index contributed by atoms with van der Waals surface area (Å²) in [7, 11) is 0. The highest BCUT2D eigenvalue weighted by Crippen LogP contribution is 2.26. The van der Waals surface area contributed by atoms with Crippen molar-refractivity contribution in [3.63, 3.8) is 0 Å². The van der Waals surface area contributed by atoms with E-state index < -0.39 is 0 Å². The Morgan fingerprint density at radius 3 is 2.81 bits per heavy atom. The summed E-state index contributed by atoms with van der Waals surface area (Å²) in [5, 5.41) is 3.41. The standard InChI is InChI=1S/C13H17ClFN/c1-4-16-12(8-9(2)3)10-6-5-7-11(14)13(10)15/h5-7,12,16H,2,4,8H2,1,3H3. The average Bonchev–Trinajstić information content (AvgIpc) is 2.21. The Labute approximate surface area is 101 Å². The predicted octanol–water partition coefficient (Wildman–Crippen LogP) is 4.10. The Balaban J connectivity index is 3.00. The maximum atomic E-state index is 13.8. The molecule has 1 unspecified atom stereocenters. The van der Waals surface area contributed by atoms with Gasteiger partial charge in [0.15, 0.2) is 0 Å². The van der Waals surface area contributed by atoms with E-state index in [0.717, 1.165) is 12.1 Å². The van der Waals surface area contributed by atoms with E-state index in [9.17, 15) is 4.39 Å². The Morgan fingerprint density at radius 2 is 2.25 bits per heavy atom. The molecule has 0 amide bonds. The van der Waals surface area contributed by atoms with Gasteiger partial charge >= 0.3 is 0 Å². The van der Waals surface area contributed by atoms with Crippen LogP contribution in [-0.2, 0) is 0 Å². The second-order valence-corrected chi connectivity index (χ2v) is 4.32. The normalized spacial score (nSPS) is 12.5. The maximum absolute atomic E-state index is 13.8. The molecule has 1 rings (SSSR count). The molecule has 0 aliphatic heterocycles. The fourth-order valence-corrected chi connectivity index (χ4v) is 1.86. The van der Waals surface area contributed by atoms with Crippen molar-refractivity contribution in [2.75, 3.05) is 6.54 Å². The molecule has 0 radical (unpaired) electrons. The van der Waals surface area contributed by atoms with Gasteiger partial charge in [-0.2, -0.15) is 0 Å². The van der Waals surface area contributed by atoms with Crippen molar-refractivity contribution >= 4 is 11.6 Å². The molecule has 0 aliphatic rings. The first kappa shape index (κ1) is 13.2. The molecule has 0 spiro atoms. The zero-order chi connectivity index (χ0) is 12.1. The summed E-state index contributed by atoms with van der Waals surface area (Å²) in [5.41, 5.74) is 1.63. The van der Waals surface area contributed by atoms with Crippen molar-refractivity contribution in [2.45, 2.75) is 26.3 Å². The number of benzene rings is 1. The molecule has 1 aromatic carbocycles. The molecule has 16 heavy (non-hydrogen) atoms. The lowest BCUT2D eigenvalue weighted by Gasteiger charge is -2.19. The van der Waals surface area contributed by atoms with Crippen LogP contribution in [0.25, 0.3) is 0 Å². The summed E-state index contributed by atoms with van der Waals surface area (Å²) in [4.78, 5) is 0. The lowest BCUT2D eigenvalue weighted by atomic mass is 10.00. The number of halogens is 2. The van der Waals surface area contributed by atoms with E-state index in [2.05, 4.69) is 11.9 Å². The highest BCUT2D eigenvalue weighted by atomic mass is 35.5. The van der Waals surface area contributed by atoms with Crippen LogP contribution >= 0.6 is 11.6 Å². The molecule has 1 atom stereocenters. The summed E-state index contributed by atoms with van der Waals surface area (Å²) < 4.78 is 13.8. The van der Waals surface area contributed by atoms with Crippen LogP contribution < -0.4 is 5.32 Å². The van der Waals surface area contributed by atoms with Crippen LogP contribution in [0.3, 0.4) is 0 Å². The quantitative estimate of drug-likeness (QED) is 0.766. The van der Waals surface area contributed by atoms with Gasteiger partial charge < -0.3 is 5.32 Å². The number of rotatable bonds is 5. The lowest BCUT2D eigenvalue weighted by Crippen LogP contribution is -2.22. The van der Waals surface area contributed by atoms with Gasteiger partial charge in [0, 0.05) is 11.6 Å². The van der Waals surface area contributed by atoms with E-state index in [4.69, 9.17) is 11.6 Å². The van der Waals surface area contributed by atoms with E-state index in [1.165, 1.54) is 0 Å². The van der Waals surface area contributed by atoms with Gasteiger partial charge in [-0.25, -0.2) is 4.39 Å².